The molecule has 0 radical (unpaired) electrons. The van der Waals surface area contributed by atoms with E-state index in [1.807, 2.05) is 72.8 Å². The van der Waals surface area contributed by atoms with E-state index >= 15 is 0 Å². The lowest BCUT2D eigenvalue weighted by atomic mass is 10.1. The Morgan fingerprint density at radius 2 is 1.61 bits per heavy atom. The van der Waals surface area contributed by atoms with Crippen LogP contribution in [0.1, 0.15) is 54.4 Å². The number of hydrogen-bond donors (Lipinski definition) is 2. The first-order chi connectivity index (χ1) is 18.6. The van der Waals surface area contributed by atoms with Crippen molar-refractivity contribution in [3.8, 4) is 5.75 Å². The van der Waals surface area contributed by atoms with Gasteiger partial charge in [0, 0.05) is 36.3 Å². The van der Waals surface area contributed by atoms with Gasteiger partial charge in [0.2, 0.25) is 0 Å². The molecule has 3 aromatic rings. The van der Waals surface area contributed by atoms with Crippen LogP contribution >= 0.6 is 0 Å². The molecule has 1 aliphatic rings. The van der Waals surface area contributed by atoms with Gasteiger partial charge in [-0.2, -0.15) is 0 Å². The summed E-state index contributed by atoms with van der Waals surface area (Å²) >= 11 is 0. The van der Waals surface area contributed by atoms with E-state index in [1.165, 1.54) is 0 Å². The second-order valence-electron chi connectivity index (χ2n) is 9.13. The van der Waals surface area contributed by atoms with E-state index in [4.69, 9.17) is 4.74 Å². The lowest BCUT2D eigenvalue weighted by molar-refractivity contribution is -0.134. The molecule has 1 aliphatic carbocycles. The first-order valence-corrected chi connectivity index (χ1v) is 12.9. The van der Waals surface area contributed by atoms with Crippen molar-refractivity contribution in [2.24, 2.45) is 0 Å². The molecule has 0 aliphatic heterocycles. The zero-order valence-electron chi connectivity index (χ0n) is 21.3. The molecule has 0 aromatic heterocycles. The summed E-state index contributed by atoms with van der Waals surface area (Å²) in [6.45, 7) is 0.616. The number of nitrogens with one attached hydrogen (secondary N) is 2. The molecule has 3 aromatic carbocycles. The highest BCUT2D eigenvalue weighted by Gasteiger charge is 2.12. The van der Waals surface area contributed by atoms with Crippen molar-refractivity contribution in [1.29, 1.82) is 0 Å². The van der Waals surface area contributed by atoms with Crippen LogP contribution in [0.15, 0.2) is 103 Å². The number of hydrogen-bond acceptors (Lipinski definition) is 5. The van der Waals surface area contributed by atoms with Gasteiger partial charge in [-0.15, -0.1) is 0 Å². The predicted octanol–water partition coefficient (Wildman–Crippen LogP) is 6.86. The van der Waals surface area contributed by atoms with Crippen LogP contribution in [0.5, 0.6) is 5.75 Å². The highest BCUT2D eigenvalue weighted by molar-refractivity contribution is 6.04. The molecular formula is C32H32N2O4. The fourth-order valence-electron chi connectivity index (χ4n) is 4.07. The number of amides is 1. The summed E-state index contributed by atoms with van der Waals surface area (Å²) in [5, 5.41) is 6.24. The number of anilines is 2. The number of carbonyl (C=O) groups is 3. The van der Waals surface area contributed by atoms with Gasteiger partial charge in [-0.1, -0.05) is 48.6 Å². The first-order valence-electron chi connectivity index (χ1n) is 12.9. The lowest BCUT2D eigenvalue weighted by Crippen LogP contribution is -2.11. The molecule has 38 heavy (non-hydrogen) atoms. The smallest absolute Gasteiger partial charge is 0.311 e. The Balaban J connectivity index is 1.14. The number of carbonyl (C=O) groups excluding carboxylic acids is 3. The molecule has 0 saturated carbocycles. The molecule has 0 bridgehead atoms. The van der Waals surface area contributed by atoms with Gasteiger partial charge in [0.15, 0.2) is 5.78 Å². The largest absolute Gasteiger partial charge is 0.427 e. The Kier molecular flexibility index (Phi) is 9.63. The number of Topliss-reactive ketones (excluding diaryl/α,β-unsaturated/α-hetero) is 1. The predicted molar refractivity (Wildman–Crippen MR) is 150 cm³/mol. The molecule has 1 amide bonds. The van der Waals surface area contributed by atoms with Crippen LogP contribution in [0.3, 0.4) is 0 Å². The molecule has 0 spiro atoms. The summed E-state index contributed by atoms with van der Waals surface area (Å²) in [4.78, 5) is 36.0. The molecule has 194 valence electrons. The van der Waals surface area contributed by atoms with Crippen LogP contribution in [-0.4, -0.2) is 17.7 Å². The van der Waals surface area contributed by atoms with E-state index in [9.17, 15) is 14.4 Å². The average molecular weight is 509 g/mol. The number of rotatable bonds is 12. The average Bonchev–Trinajstić information content (AvgIpc) is 3.35. The number of unbranched alkanes of at least 4 members (excludes halogenated alkanes) is 1. The van der Waals surface area contributed by atoms with Gasteiger partial charge in [-0.05, 0) is 85.4 Å². The van der Waals surface area contributed by atoms with Crippen LogP contribution in [-0.2, 0) is 16.1 Å². The normalized spacial score (nSPS) is 12.8. The summed E-state index contributed by atoms with van der Waals surface area (Å²) in [5.74, 6) is 0.369. The van der Waals surface area contributed by atoms with Crippen molar-refractivity contribution in [1.82, 2.24) is 0 Å². The molecule has 0 saturated heterocycles. The van der Waals surface area contributed by atoms with Crippen molar-refractivity contribution >= 4 is 29.0 Å². The Hall–Kier alpha value is -4.45. The van der Waals surface area contributed by atoms with Gasteiger partial charge in [0.25, 0.3) is 5.91 Å². The van der Waals surface area contributed by atoms with Gasteiger partial charge < -0.3 is 15.4 Å². The van der Waals surface area contributed by atoms with Crippen molar-refractivity contribution in [3.63, 3.8) is 0 Å². The third kappa shape index (κ3) is 8.30. The molecule has 6 nitrogen and oxygen atoms in total. The van der Waals surface area contributed by atoms with Gasteiger partial charge in [-0.25, -0.2) is 0 Å². The van der Waals surface area contributed by atoms with Crippen LogP contribution in [0.2, 0.25) is 0 Å². The van der Waals surface area contributed by atoms with E-state index in [0.29, 0.717) is 43.5 Å². The zero-order chi connectivity index (χ0) is 26.6. The minimum absolute atomic E-state index is 0.138. The van der Waals surface area contributed by atoms with E-state index < -0.39 is 0 Å². The van der Waals surface area contributed by atoms with Crippen molar-refractivity contribution in [2.75, 3.05) is 10.6 Å². The van der Waals surface area contributed by atoms with Gasteiger partial charge in [-0.3, -0.25) is 14.4 Å². The number of benzene rings is 3. The molecule has 2 N–H and O–H groups in total. The SMILES string of the molecule is O=C(CCC/C=C\CC1=CCCC1=O)Oc1ccc(NCc2ccc(NC(=O)c3ccccc3)cc2)cc1. The maximum atomic E-state index is 12.3. The van der Waals surface area contributed by atoms with Gasteiger partial charge in [0.1, 0.15) is 5.75 Å². The van der Waals surface area contributed by atoms with E-state index in [2.05, 4.69) is 10.6 Å². The molecule has 0 unspecified atom stereocenters. The summed E-state index contributed by atoms with van der Waals surface area (Å²) < 4.78 is 5.43. The molecule has 0 fully saturated rings. The van der Waals surface area contributed by atoms with Crippen LogP contribution in [0.25, 0.3) is 0 Å². The Morgan fingerprint density at radius 3 is 2.32 bits per heavy atom. The standard InChI is InChI=1S/C32H32N2O4/c35-30-13-8-12-25(30)9-4-1-2-7-14-31(36)38-29-21-19-27(20-22-29)33-23-24-15-17-28(18-16-24)34-32(37)26-10-5-3-6-11-26/h1,3-6,10-12,15-22,33H,2,7-9,13-14,23H2,(H,34,37)/b4-1-. The van der Waals surface area contributed by atoms with Crippen LogP contribution in [0.4, 0.5) is 11.4 Å². The highest BCUT2D eigenvalue weighted by atomic mass is 16.5. The molecule has 4 rings (SSSR count). The minimum Gasteiger partial charge on any atom is -0.427 e. The van der Waals surface area contributed by atoms with E-state index in [-0.39, 0.29) is 17.7 Å². The summed E-state index contributed by atoms with van der Waals surface area (Å²) in [7, 11) is 0. The van der Waals surface area contributed by atoms with Crippen LogP contribution < -0.4 is 15.4 Å². The quantitative estimate of drug-likeness (QED) is 0.121. The van der Waals surface area contributed by atoms with Gasteiger partial charge in [0.05, 0.1) is 0 Å². The molecular weight excluding hydrogens is 476 g/mol. The first kappa shape index (κ1) is 26.6. The number of ketones is 1. The Bertz CT molecular complexity index is 1290. The monoisotopic (exact) mass is 508 g/mol. The summed E-state index contributed by atoms with van der Waals surface area (Å²) in [5.41, 5.74) is 4.24. The maximum Gasteiger partial charge on any atom is 0.311 e. The number of allylic oxidation sites excluding steroid dienone is 4. The summed E-state index contributed by atoms with van der Waals surface area (Å²) in [6.07, 6.45) is 10.0. The second-order valence-corrected chi connectivity index (χ2v) is 9.13. The fraction of sp³-hybridized carbons (Fsp3) is 0.219. The van der Waals surface area contributed by atoms with Crippen molar-refractivity contribution < 1.29 is 19.1 Å². The van der Waals surface area contributed by atoms with Crippen molar-refractivity contribution in [3.05, 3.63) is 114 Å². The zero-order valence-corrected chi connectivity index (χ0v) is 21.3. The topological polar surface area (TPSA) is 84.5 Å². The lowest BCUT2D eigenvalue weighted by Gasteiger charge is -2.10. The molecule has 6 heteroatoms. The molecule has 0 atom stereocenters. The fourth-order valence-corrected chi connectivity index (χ4v) is 4.07. The number of ether oxygens (including phenoxy) is 1. The maximum absolute atomic E-state index is 12.3. The van der Waals surface area contributed by atoms with Crippen molar-refractivity contribution in [2.45, 2.75) is 45.1 Å². The van der Waals surface area contributed by atoms with E-state index in [0.717, 1.165) is 35.4 Å². The van der Waals surface area contributed by atoms with Gasteiger partial charge >= 0.3 is 5.97 Å². The minimum atomic E-state index is -0.257. The number of esters is 1. The highest BCUT2D eigenvalue weighted by Crippen LogP contribution is 2.19. The van der Waals surface area contributed by atoms with E-state index in [1.54, 1.807) is 24.3 Å². The third-order valence-corrected chi connectivity index (χ3v) is 6.21. The third-order valence-electron chi connectivity index (χ3n) is 6.21. The molecule has 0 heterocycles. The Labute approximate surface area is 223 Å². The second kappa shape index (κ2) is 13.7. The summed E-state index contributed by atoms with van der Waals surface area (Å²) in [6, 6.07) is 24.1. The Morgan fingerprint density at radius 1 is 0.868 bits per heavy atom. The van der Waals surface area contributed by atoms with Crippen LogP contribution in [0, 0.1) is 0 Å².